The van der Waals surface area contributed by atoms with Gasteiger partial charge in [0.1, 0.15) is 0 Å². The van der Waals surface area contributed by atoms with Crippen LogP contribution in [0.5, 0.6) is 0 Å². The summed E-state index contributed by atoms with van der Waals surface area (Å²) in [6.45, 7) is 16.8. The molecule has 0 saturated heterocycles. The lowest BCUT2D eigenvalue weighted by atomic mass is 9.42. The van der Waals surface area contributed by atoms with Crippen molar-refractivity contribution in [2.75, 3.05) is 0 Å². The topological polar surface area (TPSA) is 20.2 Å². The number of rotatable bonds is 7. The molecular weight excluding hydrogens is 376 g/mol. The Kier molecular flexibility index (Phi) is 7.04. The van der Waals surface area contributed by atoms with Crippen molar-refractivity contribution in [3.05, 3.63) is 12.7 Å². The Morgan fingerprint density at radius 3 is 2.32 bits per heavy atom. The van der Waals surface area contributed by atoms with Gasteiger partial charge in [-0.25, -0.2) is 0 Å². The predicted octanol–water partition coefficient (Wildman–Crippen LogP) is 8.27. The van der Waals surface area contributed by atoms with E-state index in [2.05, 4.69) is 47.3 Å². The molecule has 0 aromatic heterocycles. The minimum Gasteiger partial charge on any atom is -0.393 e. The number of fused-ring (bicyclic) bond motifs is 5. The first-order chi connectivity index (χ1) is 14.7. The maximum absolute atomic E-state index is 10.5. The highest BCUT2D eigenvalue weighted by Crippen LogP contribution is 2.69. The lowest BCUT2D eigenvalue weighted by Gasteiger charge is -2.63. The van der Waals surface area contributed by atoms with Crippen LogP contribution in [0.15, 0.2) is 12.7 Å². The zero-order valence-corrected chi connectivity index (χ0v) is 21.4. The van der Waals surface area contributed by atoms with Gasteiger partial charge in [0.05, 0.1) is 6.10 Å². The number of hydrogen-bond acceptors (Lipinski definition) is 1. The van der Waals surface area contributed by atoms with Crippen molar-refractivity contribution in [1.29, 1.82) is 0 Å². The van der Waals surface area contributed by atoms with E-state index in [0.717, 1.165) is 60.7 Å². The Bertz CT molecular complexity index is 624. The van der Waals surface area contributed by atoms with Crippen molar-refractivity contribution < 1.29 is 5.11 Å². The maximum Gasteiger partial charge on any atom is 0.0543 e. The third kappa shape index (κ3) is 4.20. The quantitative estimate of drug-likeness (QED) is 0.404. The number of hydrogen-bond donors (Lipinski definition) is 1. The van der Waals surface area contributed by atoms with Gasteiger partial charge in [0.25, 0.3) is 0 Å². The molecule has 0 bridgehead atoms. The molecule has 4 rings (SSSR count). The first-order valence-corrected chi connectivity index (χ1v) is 14.0. The van der Waals surface area contributed by atoms with Gasteiger partial charge in [0.2, 0.25) is 0 Å². The van der Waals surface area contributed by atoms with Crippen molar-refractivity contribution in [1.82, 2.24) is 0 Å². The van der Waals surface area contributed by atoms with Crippen LogP contribution in [-0.4, -0.2) is 11.2 Å². The Hall–Kier alpha value is -0.300. The van der Waals surface area contributed by atoms with E-state index in [1.165, 1.54) is 57.8 Å². The predicted molar refractivity (Wildman–Crippen MR) is 133 cm³/mol. The van der Waals surface area contributed by atoms with E-state index in [1.54, 1.807) is 0 Å². The van der Waals surface area contributed by atoms with E-state index in [9.17, 15) is 5.11 Å². The second-order valence-corrected chi connectivity index (χ2v) is 13.5. The minimum atomic E-state index is -0.0571. The molecule has 4 aliphatic rings. The van der Waals surface area contributed by atoms with Crippen LogP contribution in [0.1, 0.15) is 112 Å². The van der Waals surface area contributed by atoms with Crippen LogP contribution in [0.3, 0.4) is 0 Å². The van der Waals surface area contributed by atoms with E-state index in [1.807, 2.05) is 0 Å². The van der Waals surface area contributed by atoms with Gasteiger partial charge in [-0.3, -0.25) is 0 Å². The van der Waals surface area contributed by atoms with E-state index >= 15 is 0 Å². The summed E-state index contributed by atoms with van der Waals surface area (Å²) in [5, 5.41) is 10.5. The molecule has 1 heteroatoms. The summed E-state index contributed by atoms with van der Waals surface area (Å²) in [5.74, 6) is 6.93. The monoisotopic (exact) mass is 428 g/mol. The van der Waals surface area contributed by atoms with E-state index < -0.39 is 0 Å². The minimum absolute atomic E-state index is 0.0571. The van der Waals surface area contributed by atoms with E-state index in [4.69, 9.17) is 0 Å². The molecule has 1 N–H and O–H groups in total. The van der Waals surface area contributed by atoms with Crippen molar-refractivity contribution in [3.63, 3.8) is 0 Å². The largest absolute Gasteiger partial charge is 0.393 e. The molecule has 0 aromatic carbocycles. The molecular formula is C30H52O. The normalized spacial score (nSPS) is 48.0. The zero-order chi connectivity index (χ0) is 22.4. The average molecular weight is 429 g/mol. The average Bonchev–Trinajstić information content (AvgIpc) is 3.06. The number of allylic oxidation sites excluding steroid dienone is 1. The molecule has 31 heavy (non-hydrogen) atoms. The highest BCUT2D eigenvalue weighted by Gasteiger charge is 2.62. The van der Waals surface area contributed by atoms with Crippen molar-refractivity contribution in [3.8, 4) is 0 Å². The summed E-state index contributed by atoms with van der Waals surface area (Å²) in [6, 6.07) is 0. The summed E-state index contributed by atoms with van der Waals surface area (Å²) < 4.78 is 0. The van der Waals surface area contributed by atoms with Crippen molar-refractivity contribution in [2.24, 2.45) is 58.2 Å². The van der Waals surface area contributed by atoms with Gasteiger partial charge in [-0.15, -0.1) is 6.58 Å². The first-order valence-electron chi connectivity index (χ1n) is 14.0. The SMILES string of the molecule is C=CC[C@@H]1CC2C(CC[C@@]3(C)C2CC[C@@H]3[C@H](C)CCCC(C)C)[C@@]2(C)CC[C@@H](O)CC12. The highest BCUT2D eigenvalue weighted by atomic mass is 16.3. The van der Waals surface area contributed by atoms with Crippen LogP contribution in [0.4, 0.5) is 0 Å². The Morgan fingerprint density at radius 2 is 1.61 bits per heavy atom. The molecule has 4 fully saturated rings. The molecule has 0 aromatic rings. The van der Waals surface area contributed by atoms with Gasteiger partial charge < -0.3 is 5.11 Å². The van der Waals surface area contributed by atoms with E-state index in [0.29, 0.717) is 16.7 Å². The lowest BCUT2D eigenvalue weighted by Crippen LogP contribution is -2.56. The fraction of sp³-hybridized carbons (Fsp3) is 0.933. The molecule has 0 heterocycles. The third-order valence-electron chi connectivity index (χ3n) is 11.5. The smallest absolute Gasteiger partial charge is 0.0543 e. The molecule has 4 aliphatic carbocycles. The summed E-state index contributed by atoms with van der Waals surface area (Å²) in [5.41, 5.74) is 1.03. The van der Waals surface area contributed by atoms with Crippen molar-refractivity contribution in [2.45, 2.75) is 118 Å². The summed E-state index contributed by atoms with van der Waals surface area (Å²) in [6.07, 6.45) is 18.2. The zero-order valence-electron chi connectivity index (χ0n) is 21.4. The van der Waals surface area contributed by atoms with Crippen LogP contribution >= 0.6 is 0 Å². The van der Waals surface area contributed by atoms with Crippen LogP contribution in [0.25, 0.3) is 0 Å². The van der Waals surface area contributed by atoms with Gasteiger partial charge in [-0.2, -0.15) is 0 Å². The molecule has 178 valence electrons. The molecule has 1 nitrogen and oxygen atoms in total. The van der Waals surface area contributed by atoms with Crippen molar-refractivity contribution >= 4 is 0 Å². The summed E-state index contributed by atoms with van der Waals surface area (Å²) in [7, 11) is 0. The summed E-state index contributed by atoms with van der Waals surface area (Å²) >= 11 is 0. The van der Waals surface area contributed by atoms with Gasteiger partial charge in [-0.1, -0.05) is 60.0 Å². The standard InChI is InChI=1S/C30H52O/c1-7-9-22-18-24-26-13-12-25(21(4)11-8-10-20(2)3)29(26,5)17-15-27(24)30(6)16-14-23(31)19-28(22)30/h7,20-28,31H,1,8-19H2,2-6H3/t21-,22-,23-,24?,25-,26?,27?,28?,29-,30-/m1/s1. The first kappa shape index (κ1) is 23.8. The number of aliphatic hydroxyl groups excluding tert-OH is 1. The van der Waals surface area contributed by atoms with Gasteiger partial charge in [0, 0.05) is 0 Å². The van der Waals surface area contributed by atoms with Crippen LogP contribution in [-0.2, 0) is 0 Å². The molecule has 4 unspecified atom stereocenters. The molecule has 10 atom stereocenters. The second-order valence-electron chi connectivity index (χ2n) is 13.5. The third-order valence-corrected chi connectivity index (χ3v) is 11.5. The van der Waals surface area contributed by atoms with Gasteiger partial charge >= 0.3 is 0 Å². The van der Waals surface area contributed by atoms with E-state index in [-0.39, 0.29) is 6.10 Å². The van der Waals surface area contributed by atoms with Crippen LogP contribution < -0.4 is 0 Å². The van der Waals surface area contributed by atoms with Gasteiger partial charge in [-0.05, 0) is 116 Å². The fourth-order valence-corrected chi connectivity index (χ4v) is 9.98. The maximum atomic E-state index is 10.5. The Morgan fingerprint density at radius 1 is 0.903 bits per heavy atom. The highest BCUT2D eigenvalue weighted by molar-refractivity contribution is 5.11. The Labute approximate surface area is 193 Å². The fourth-order valence-electron chi connectivity index (χ4n) is 9.98. The molecule has 0 amide bonds. The molecule has 4 saturated carbocycles. The molecule has 0 aliphatic heterocycles. The van der Waals surface area contributed by atoms with Gasteiger partial charge in [0.15, 0.2) is 0 Å². The molecule has 0 spiro atoms. The van der Waals surface area contributed by atoms with Crippen LogP contribution in [0.2, 0.25) is 0 Å². The summed E-state index contributed by atoms with van der Waals surface area (Å²) in [4.78, 5) is 0. The van der Waals surface area contributed by atoms with Crippen LogP contribution in [0, 0.1) is 58.2 Å². The second kappa shape index (κ2) is 9.15. The number of aliphatic hydroxyl groups is 1. The molecule has 0 radical (unpaired) electrons. The Balaban J connectivity index is 1.53. The lowest BCUT2D eigenvalue weighted by molar-refractivity contribution is -0.151.